The lowest BCUT2D eigenvalue weighted by atomic mass is 10.1. The number of halogens is 3. The Morgan fingerprint density at radius 2 is 1.90 bits per heavy atom. The first-order valence-electron chi connectivity index (χ1n) is 9.00. The Hall–Kier alpha value is -3.10. The molecule has 0 aliphatic rings. The Balaban J connectivity index is 2.20. The van der Waals surface area contributed by atoms with Gasteiger partial charge in [0.15, 0.2) is 0 Å². The number of aliphatic hydroxyl groups is 1. The van der Waals surface area contributed by atoms with Crippen LogP contribution in [0.2, 0.25) is 5.02 Å². The topological polar surface area (TPSA) is 84.2 Å². The van der Waals surface area contributed by atoms with Crippen LogP contribution >= 0.6 is 11.6 Å². The fourth-order valence-electron chi connectivity index (χ4n) is 2.73. The molecule has 0 fully saturated rings. The Bertz CT molecular complexity index is 1120. The van der Waals surface area contributed by atoms with Crippen LogP contribution in [0.3, 0.4) is 0 Å². The van der Waals surface area contributed by atoms with Crippen molar-refractivity contribution >= 4 is 17.5 Å². The number of carbonyl (C=O) groups excluding carboxylic acids is 1. The van der Waals surface area contributed by atoms with Gasteiger partial charge in [0, 0.05) is 22.2 Å². The first-order valence-corrected chi connectivity index (χ1v) is 9.38. The van der Waals surface area contributed by atoms with Crippen LogP contribution in [0.5, 0.6) is 0 Å². The summed E-state index contributed by atoms with van der Waals surface area (Å²) in [5.41, 5.74) is -0.353. The Labute approximate surface area is 175 Å². The molecule has 0 bridgehead atoms. The average Bonchev–Trinajstić information content (AvgIpc) is 2.74. The van der Waals surface area contributed by atoms with E-state index in [4.69, 9.17) is 11.6 Å². The molecule has 2 N–H and O–H groups in total. The zero-order chi connectivity index (χ0) is 21.8. The van der Waals surface area contributed by atoms with Crippen molar-refractivity contribution in [1.82, 2.24) is 15.1 Å². The quantitative estimate of drug-likeness (QED) is 0.622. The number of alkyl halides is 2. The van der Waals surface area contributed by atoms with Crippen molar-refractivity contribution in [2.24, 2.45) is 0 Å². The molecule has 0 spiro atoms. The van der Waals surface area contributed by atoms with Crippen molar-refractivity contribution < 1.29 is 18.7 Å². The zero-order valence-corrected chi connectivity index (χ0v) is 16.6. The van der Waals surface area contributed by atoms with E-state index in [1.54, 1.807) is 31.2 Å². The minimum absolute atomic E-state index is 0.0953. The molecule has 30 heavy (non-hydrogen) atoms. The zero-order valence-electron chi connectivity index (χ0n) is 15.8. The number of carbonyl (C=O) groups is 1. The standard InChI is InChI=1S/C21H18ClF2N3O3/c1-12(11-28)25-20(29)17-10-18(13-5-7-15(22)8-6-13)26-27(21(17)30)16-4-2-3-14(9-16)19(23)24/h2-10,12,19,28H,11H2,1H3,(H,25,29). The summed E-state index contributed by atoms with van der Waals surface area (Å²) < 4.78 is 27.2. The summed E-state index contributed by atoms with van der Waals surface area (Å²) in [7, 11) is 0. The average molecular weight is 434 g/mol. The molecule has 0 aliphatic carbocycles. The second-order valence-electron chi connectivity index (χ2n) is 6.62. The van der Waals surface area contributed by atoms with E-state index in [9.17, 15) is 23.5 Å². The van der Waals surface area contributed by atoms with Gasteiger partial charge in [-0.05, 0) is 37.3 Å². The van der Waals surface area contributed by atoms with Crippen LogP contribution in [0.1, 0.15) is 29.3 Å². The number of benzene rings is 2. The van der Waals surface area contributed by atoms with Gasteiger partial charge in [-0.3, -0.25) is 9.59 Å². The molecule has 1 unspecified atom stereocenters. The molecule has 3 aromatic rings. The third kappa shape index (κ3) is 4.72. The van der Waals surface area contributed by atoms with E-state index in [2.05, 4.69) is 10.4 Å². The second kappa shape index (κ2) is 9.15. The molecular formula is C21H18ClF2N3O3. The molecule has 0 aliphatic heterocycles. The minimum Gasteiger partial charge on any atom is -0.394 e. The maximum Gasteiger partial charge on any atom is 0.284 e. The lowest BCUT2D eigenvalue weighted by Gasteiger charge is -2.14. The number of nitrogens with one attached hydrogen (secondary N) is 1. The first kappa shape index (κ1) is 21.6. The van der Waals surface area contributed by atoms with Crippen molar-refractivity contribution in [3.8, 4) is 16.9 Å². The van der Waals surface area contributed by atoms with Gasteiger partial charge in [-0.1, -0.05) is 35.9 Å². The third-order valence-corrected chi connectivity index (χ3v) is 4.57. The van der Waals surface area contributed by atoms with E-state index in [0.29, 0.717) is 10.6 Å². The molecule has 3 rings (SSSR count). The predicted octanol–water partition coefficient (Wildman–Crippen LogP) is 3.60. The highest BCUT2D eigenvalue weighted by atomic mass is 35.5. The van der Waals surface area contributed by atoms with Crippen molar-refractivity contribution in [2.75, 3.05) is 6.61 Å². The van der Waals surface area contributed by atoms with Gasteiger partial charge in [0.1, 0.15) is 5.56 Å². The van der Waals surface area contributed by atoms with Gasteiger partial charge in [-0.25, -0.2) is 8.78 Å². The van der Waals surface area contributed by atoms with Gasteiger partial charge >= 0.3 is 0 Å². The van der Waals surface area contributed by atoms with Crippen LogP contribution in [-0.4, -0.2) is 33.4 Å². The number of aliphatic hydroxyl groups excluding tert-OH is 1. The molecule has 0 radical (unpaired) electrons. The highest BCUT2D eigenvalue weighted by molar-refractivity contribution is 6.30. The van der Waals surface area contributed by atoms with Gasteiger partial charge < -0.3 is 10.4 Å². The second-order valence-corrected chi connectivity index (χ2v) is 7.06. The van der Waals surface area contributed by atoms with Crippen molar-refractivity contribution in [3.63, 3.8) is 0 Å². The number of nitrogens with zero attached hydrogens (tertiary/aromatic N) is 2. The normalized spacial score (nSPS) is 12.1. The van der Waals surface area contributed by atoms with Gasteiger partial charge in [0.05, 0.1) is 18.0 Å². The number of aromatic nitrogens is 2. The number of hydrogen-bond acceptors (Lipinski definition) is 4. The molecule has 9 heteroatoms. The molecule has 1 aromatic heterocycles. The summed E-state index contributed by atoms with van der Waals surface area (Å²) in [6.07, 6.45) is -2.73. The van der Waals surface area contributed by atoms with Crippen molar-refractivity contribution in [3.05, 3.63) is 81.1 Å². The lowest BCUT2D eigenvalue weighted by Crippen LogP contribution is -2.39. The van der Waals surface area contributed by atoms with E-state index < -0.39 is 23.9 Å². The smallest absolute Gasteiger partial charge is 0.284 e. The van der Waals surface area contributed by atoms with Gasteiger partial charge in [-0.2, -0.15) is 9.78 Å². The van der Waals surface area contributed by atoms with E-state index in [1.165, 1.54) is 24.3 Å². The molecule has 0 saturated carbocycles. The number of hydrogen-bond donors (Lipinski definition) is 2. The van der Waals surface area contributed by atoms with Gasteiger partial charge in [0.2, 0.25) is 0 Å². The fourth-order valence-corrected chi connectivity index (χ4v) is 2.86. The number of amides is 1. The Morgan fingerprint density at radius 3 is 2.53 bits per heavy atom. The fraction of sp³-hybridized carbons (Fsp3) is 0.190. The summed E-state index contributed by atoms with van der Waals surface area (Å²) in [6.45, 7) is 1.26. The summed E-state index contributed by atoms with van der Waals surface area (Å²) in [4.78, 5) is 25.6. The highest BCUT2D eigenvalue weighted by Gasteiger charge is 2.19. The van der Waals surface area contributed by atoms with Gasteiger partial charge in [0.25, 0.3) is 17.9 Å². The van der Waals surface area contributed by atoms with Crippen LogP contribution in [0.25, 0.3) is 16.9 Å². The monoisotopic (exact) mass is 433 g/mol. The third-order valence-electron chi connectivity index (χ3n) is 4.31. The molecule has 0 saturated heterocycles. The van der Waals surface area contributed by atoms with Crippen LogP contribution in [-0.2, 0) is 0 Å². The molecule has 2 aromatic carbocycles. The minimum atomic E-state index is -2.73. The molecule has 156 valence electrons. The maximum atomic E-state index is 13.1. The first-order chi connectivity index (χ1) is 14.3. The van der Waals surface area contributed by atoms with Crippen LogP contribution < -0.4 is 10.9 Å². The van der Waals surface area contributed by atoms with Crippen LogP contribution in [0.15, 0.2) is 59.4 Å². The van der Waals surface area contributed by atoms with Crippen LogP contribution in [0, 0.1) is 0 Å². The predicted molar refractivity (Wildman–Crippen MR) is 109 cm³/mol. The SMILES string of the molecule is CC(CO)NC(=O)c1cc(-c2ccc(Cl)cc2)nn(-c2cccc(C(F)F)c2)c1=O. The molecular weight excluding hydrogens is 416 g/mol. The summed E-state index contributed by atoms with van der Waals surface area (Å²) in [5, 5.41) is 16.5. The lowest BCUT2D eigenvalue weighted by molar-refractivity contribution is 0.0920. The van der Waals surface area contributed by atoms with Crippen LogP contribution in [0.4, 0.5) is 8.78 Å². The molecule has 1 amide bonds. The largest absolute Gasteiger partial charge is 0.394 e. The molecule has 1 atom stereocenters. The Kier molecular flexibility index (Phi) is 6.59. The molecule has 1 heterocycles. The van der Waals surface area contributed by atoms with E-state index in [0.717, 1.165) is 10.7 Å². The van der Waals surface area contributed by atoms with E-state index in [1.807, 2.05) is 0 Å². The number of rotatable bonds is 6. The van der Waals surface area contributed by atoms with E-state index in [-0.39, 0.29) is 29.1 Å². The molecule has 6 nitrogen and oxygen atoms in total. The summed E-state index contributed by atoms with van der Waals surface area (Å²) in [5.74, 6) is -0.710. The summed E-state index contributed by atoms with van der Waals surface area (Å²) >= 11 is 5.92. The summed E-state index contributed by atoms with van der Waals surface area (Å²) in [6, 6.07) is 12.5. The van der Waals surface area contributed by atoms with Crippen molar-refractivity contribution in [2.45, 2.75) is 19.4 Å². The Morgan fingerprint density at radius 1 is 1.20 bits per heavy atom. The highest BCUT2D eigenvalue weighted by Crippen LogP contribution is 2.23. The van der Waals surface area contributed by atoms with Gasteiger partial charge in [-0.15, -0.1) is 0 Å². The van der Waals surface area contributed by atoms with E-state index >= 15 is 0 Å². The van der Waals surface area contributed by atoms with Crippen molar-refractivity contribution in [1.29, 1.82) is 0 Å². The maximum absolute atomic E-state index is 13.1.